The number of aromatic hydroxyl groups is 2. The minimum absolute atomic E-state index is 0.0279. The predicted molar refractivity (Wildman–Crippen MR) is 189 cm³/mol. The van der Waals surface area contributed by atoms with Gasteiger partial charge in [0, 0.05) is 38.4 Å². The molecule has 10 N–H and O–H groups in total. The molecule has 1 aliphatic heterocycles. The summed E-state index contributed by atoms with van der Waals surface area (Å²) in [4.78, 5) is 54.2. The molecular formula is C35H54N8O6. The Morgan fingerprint density at radius 3 is 2.02 bits per heavy atom. The van der Waals surface area contributed by atoms with E-state index < -0.39 is 41.9 Å². The maximum absolute atomic E-state index is 14.0. The summed E-state index contributed by atoms with van der Waals surface area (Å²) in [5.41, 5.74) is 2.41. The van der Waals surface area contributed by atoms with Gasteiger partial charge in [-0.25, -0.2) is 0 Å². The molecule has 3 rings (SSSR count). The number of benzene rings is 2. The summed E-state index contributed by atoms with van der Waals surface area (Å²) in [7, 11) is 7.05. The summed E-state index contributed by atoms with van der Waals surface area (Å²) in [6.07, 6.45) is 2.23. The highest BCUT2D eigenvalue weighted by molar-refractivity contribution is 5.93. The Hall–Kier alpha value is -4.24. The predicted octanol–water partition coefficient (Wildman–Crippen LogP) is -0.369. The van der Waals surface area contributed by atoms with E-state index in [4.69, 9.17) is 0 Å². The zero-order valence-electron chi connectivity index (χ0n) is 29.1. The van der Waals surface area contributed by atoms with Crippen LogP contribution in [-0.4, -0.2) is 112 Å². The first-order valence-electron chi connectivity index (χ1n) is 17.0. The number of hydrogen-bond donors (Lipinski definition) is 10. The molecule has 2 aromatic rings. The van der Waals surface area contributed by atoms with Crippen LogP contribution in [0.4, 0.5) is 0 Å². The standard InChI is InChI=1S/C35H54N8O6/c1-36-13-5-7-26(21-32(46)40-16-15-38-3)41-35(49)29-20-25-18-23(10-12-31(25)45)22-9-11-30(44)24(17-22)19-28(39-4)34(48)42-27(33(47)43-29)8-6-14-37-2/h9-12,17-18,26-29,36-39,44-45H,5-8,13-16,19-21H2,1-4H3,(H,40,46)(H,41,49)(H,42,48)(H,43,47)/t26?,27-,28-,29-/m0/s1. The lowest BCUT2D eigenvalue weighted by atomic mass is 9.95. The van der Waals surface area contributed by atoms with Crippen LogP contribution in [0.1, 0.15) is 43.2 Å². The molecule has 0 aromatic heterocycles. The molecule has 270 valence electrons. The van der Waals surface area contributed by atoms with Crippen molar-refractivity contribution < 1.29 is 29.4 Å². The molecule has 0 fully saturated rings. The molecule has 14 heteroatoms. The number of phenols is 2. The third-order valence-electron chi connectivity index (χ3n) is 8.65. The zero-order chi connectivity index (χ0) is 35.8. The van der Waals surface area contributed by atoms with E-state index in [0.29, 0.717) is 68.6 Å². The monoisotopic (exact) mass is 682 g/mol. The number of phenolic OH excluding ortho intramolecular Hbond substituents is 2. The van der Waals surface area contributed by atoms with Crippen LogP contribution in [0, 0.1) is 0 Å². The Morgan fingerprint density at radius 1 is 0.796 bits per heavy atom. The second-order valence-electron chi connectivity index (χ2n) is 12.4. The van der Waals surface area contributed by atoms with Gasteiger partial charge in [-0.2, -0.15) is 0 Å². The molecule has 1 aliphatic rings. The van der Waals surface area contributed by atoms with Gasteiger partial charge in [-0.05, 0) is 113 Å². The van der Waals surface area contributed by atoms with E-state index in [1.54, 1.807) is 51.5 Å². The number of carbonyl (C=O) groups is 4. The Kier molecular flexibility index (Phi) is 16.3. The molecule has 0 aliphatic carbocycles. The third kappa shape index (κ3) is 12.3. The Labute approximate surface area is 289 Å². The molecular weight excluding hydrogens is 628 g/mol. The number of fused-ring (bicyclic) bond motifs is 5. The highest BCUT2D eigenvalue weighted by Crippen LogP contribution is 2.31. The fourth-order valence-corrected chi connectivity index (χ4v) is 5.80. The lowest BCUT2D eigenvalue weighted by Gasteiger charge is -2.27. The van der Waals surface area contributed by atoms with Gasteiger partial charge in [0.15, 0.2) is 0 Å². The summed E-state index contributed by atoms with van der Waals surface area (Å²) in [6.45, 7) is 2.34. The average molecular weight is 683 g/mol. The van der Waals surface area contributed by atoms with Gasteiger partial charge < -0.3 is 52.7 Å². The first kappa shape index (κ1) is 39.2. The van der Waals surface area contributed by atoms with E-state index in [1.807, 2.05) is 7.05 Å². The Balaban J connectivity index is 2.03. The zero-order valence-corrected chi connectivity index (χ0v) is 29.1. The highest BCUT2D eigenvalue weighted by atomic mass is 16.3. The summed E-state index contributed by atoms with van der Waals surface area (Å²) in [5.74, 6) is -1.73. The summed E-state index contributed by atoms with van der Waals surface area (Å²) >= 11 is 0. The SMILES string of the molecule is CNCCCC(CC(=O)NCCNC)NC(=O)[C@@H]1Cc2cc(ccc2O)-c2ccc(O)c(c2)C[C@H](NC)C(=O)N[C@@H](CCCNC)C(=O)N1. The largest absolute Gasteiger partial charge is 0.508 e. The van der Waals surface area contributed by atoms with E-state index in [-0.39, 0.29) is 36.7 Å². The number of nitrogens with one attached hydrogen (secondary N) is 8. The van der Waals surface area contributed by atoms with Crippen LogP contribution < -0.4 is 42.5 Å². The summed E-state index contributed by atoms with van der Waals surface area (Å²) in [5, 5.41) is 45.3. The van der Waals surface area contributed by atoms with Crippen molar-refractivity contribution in [1.29, 1.82) is 0 Å². The number of likely N-dealkylation sites (N-methyl/N-ethyl adjacent to an activating group) is 2. The first-order chi connectivity index (χ1) is 23.6. The topological polar surface area (TPSA) is 205 Å². The maximum atomic E-state index is 14.0. The van der Waals surface area contributed by atoms with Crippen LogP contribution in [0.2, 0.25) is 0 Å². The molecule has 2 aromatic carbocycles. The minimum Gasteiger partial charge on any atom is -0.508 e. The van der Waals surface area contributed by atoms with Gasteiger partial charge in [0.2, 0.25) is 23.6 Å². The molecule has 4 atom stereocenters. The van der Waals surface area contributed by atoms with Gasteiger partial charge in [0.25, 0.3) is 0 Å². The van der Waals surface area contributed by atoms with Gasteiger partial charge in [-0.15, -0.1) is 0 Å². The molecule has 0 spiro atoms. The number of rotatable bonds is 16. The number of carbonyl (C=O) groups excluding carboxylic acids is 4. The lowest BCUT2D eigenvalue weighted by molar-refractivity contribution is -0.133. The Bertz CT molecular complexity index is 1410. The molecule has 0 saturated heterocycles. The van der Waals surface area contributed by atoms with Gasteiger partial charge in [-0.3, -0.25) is 19.2 Å². The van der Waals surface area contributed by atoms with Crippen molar-refractivity contribution in [3.8, 4) is 22.6 Å². The molecule has 1 heterocycles. The number of hydrogen-bond acceptors (Lipinski definition) is 10. The lowest BCUT2D eigenvalue weighted by Crippen LogP contribution is -2.57. The fraction of sp³-hybridized carbons (Fsp3) is 0.543. The Morgan fingerprint density at radius 2 is 1.41 bits per heavy atom. The van der Waals surface area contributed by atoms with E-state index in [0.717, 1.165) is 5.56 Å². The molecule has 49 heavy (non-hydrogen) atoms. The summed E-state index contributed by atoms with van der Waals surface area (Å²) < 4.78 is 0. The number of amides is 4. The third-order valence-corrected chi connectivity index (χ3v) is 8.65. The molecule has 0 saturated carbocycles. The molecule has 4 amide bonds. The van der Waals surface area contributed by atoms with Gasteiger partial charge in [0.05, 0.1) is 6.04 Å². The average Bonchev–Trinajstić information content (AvgIpc) is 3.07. The normalized spacial score (nSPS) is 18.7. The van der Waals surface area contributed by atoms with Crippen LogP contribution in [0.3, 0.4) is 0 Å². The second kappa shape index (κ2) is 20.3. The van der Waals surface area contributed by atoms with Crippen molar-refractivity contribution in [3.63, 3.8) is 0 Å². The molecule has 0 radical (unpaired) electrons. The van der Waals surface area contributed by atoms with Gasteiger partial charge in [0.1, 0.15) is 23.6 Å². The molecule has 4 bridgehead atoms. The first-order valence-corrected chi connectivity index (χ1v) is 17.0. The smallest absolute Gasteiger partial charge is 0.243 e. The van der Waals surface area contributed by atoms with E-state index in [1.165, 1.54) is 6.07 Å². The molecule has 1 unspecified atom stereocenters. The van der Waals surface area contributed by atoms with E-state index in [9.17, 15) is 29.4 Å². The van der Waals surface area contributed by atoms with Crippen LogP contribution in [0.15, 0.2) is 36.4 Å². The van der Waals surface area contributed by atoms with E-state index in [2.05, 4.69) is 42.5 Å². The van der Waals surface area contributed by atoms with Crippen LogP contribution >= 0.6 is 0 Å². The quantitative estimate of drug-likeness (QED) is 0.104. The van der Waals surface area contributed by atoms with Crippen molar-refractivity contribution in [2.24, 2.45) is 0 Å². The van der Waals surface area contributed by atoms with Gasteiger partial charge >= 0.3 is 0 Å². The van der Waals surface area contributed by atoms with Gasteiger partial charge in [-0.1, -0.05) is 12.1 Å². The van der Waals surface area contributed by atoms with Crippen molar-refractivity contribution in [2.75, 3.05) is 54.4 Å². The molecule has 14 nitrogen and oxygen atoms in total. The van der Waals surface area contributed by atoms with Crippen LogP contribution in [0.25, 0.3) is 11.1 Å². The van der Waals surface area contributed by atoms with Crippen molar-refractivity contribution in [2.45, 2.75) is 69.1 Å². The van der Waals surface area contributed by atoms with Crippen LogP contribution in [-0.2, 0) is 32.0 Å². The van der Waals surface area contributed by atoms with Crippen molar-refractivity contribution in [1.82, 2.24) is 42.5 Å². The maximum Gasteiger partial charge on any atom is 0.243 e. The van der Waals surface area contributed by atoms with E-state index >= 15 is 0 Å². The highest BCUT2D eigenvalue weighted by Gasteiger charge is 2.31. The summed E-state index contributed by atoms with van der Waals surface area (Å²) in [6, 6.07) is 6.71. The van der Waals surface area contributed by atoms with Crippen LogP contribution in [0.5, 0.6) is 11.5 Å². The minimum atomic E-state index is -1.14. The van der Waals surface area contributed by atoms with Crippen molar-refractivity contribution >= 4 is 23.6 Å². The van der Waals surface area contributed by atoms with Crippen molar-refractivity contribution in [3.05, 3.63) is 47.5 Å². The fourth-order valence-electron chi connectivity index (χ4n) is 5.80. The second-order valence-corrected chi connectivity index (χ2v) is 12.4.